The van der Waals surface area contributed by atoms with Crippen molar-refractivity contribution in [1.29, 1.82) is 0 Å². The molecule has 0 aromatic carbocycles. The van der Waals surface area contributed by atoms with Gasteiger partial charge in [0.15, 0.2) is 12.4 Å². The van der Waals surface area contributed by atoms with E-state index in [1.54, 1.807) is 4.90 Å². The lowest BCUT2D eigenvalue weighted by atomic mass is 9.53. The average Bonchev–Trinajstić information content (AvgIpc) is 2.67. The first kappa shape index (κ1) is 18.8. The fraction of sp³-hybridized carbons (Fsp3) is 0.750. The Morgan fingerprint density at radius 3 is 2.45 bits per heavy atom. The van der Waals surface area contributed by atoms with E-state index < -0.39 is 17.4 Å². The van der Waals surface area contributed by atoms with E-state index in [0.29, 0.717) is 44.1 Å². The van der Waals surface area contributed by atoms with Gasteiger partial charge >= 0.3 is 5.69 Å². The molecule has 1 saturated heterocycles. The van der Waals surface area contributed by atoms with E-state index in [-0.39, 0.29) is 23.9 Å². The Morgan fingerprint density at radius 2 is 1.83 bits per heavy atom. The van der Waals surface area contributed by atoms with Crippen molar-refractivity contribution in [3.8, 4) is 5.88 Å². The number of carbonyl (C=O) groups is 1. The van der Waals surface area contributed by atoms with Gasteiger partial charge in [0.25, 0.3) is 11.8 Å². The predicted octanol–water partition coefficient (Wildman–Crippen LogP) is 1.21. The molecule has 5 aliphatic rings. The summed E-state index contributed by atoms with van der Waals surface area (Å²) in [5, 5.41) is 3.18. The molecule has 1 amide bonds. The topological polar surface area (TPSA) is 96.5 Å². The number of H-pyrrole nitrogens is 1. The zero-order valence-corrected chi connectivity index (χ0v) is 16.4. The van der Waals surface area contributed by atoms with Crippen LogP contribution in [-0.2, 0) is 9.53 Å². The van der Waals surface area contributed by atoms with Gasteiger partial charge in [0.2, 0.25) is 5.82 Å². The van der Waals surface area contributed by atoms with Gasteiger partial charge in [-0.3, -0.25) is 9.78 Å². The maximum Gasteiger partial charge on any atom is 0.349 e. The predicted molar refractivity (Wildman–Crippen MR) is 102 cm³/mol. The molecule has 8 nitrogen and oxygen atoms in total. The molecule has 5 fully saturated rings. The van der Waals surface area contributed by atoms with Gasteiger partial charge in [-0.15, -0.1) is 0 Å². The minimum atomic E-state index is -0.755. The summed E-state index contributed by atoms with van der Waals surface area (Å²) < 4.78 is 25.4. The number of aromatic amines is 1. The van der Waals surface area contributed by atoms with Gasteiger partial charge in [-0.25, -0.2) is 4.79 Å². The van der Waals surface area contributed by atoms with Gasteiger partial charge in [0, 0.05) is 18.6 Å². The van der Waals surface area contributed by atoms with E-state index in [1.807, 2.05) is 0 Å². The number of rotatable bonds is 5. The second kappa shape index (κ2) is 7.27. The van der Waals surface area contributed by atoms with E-state index >= 15 is 0 Å². The SMILES string of the molecule is O=C(COc1nc(=O)[nH]c(N2CCOCC2)c1F)NC12CC3CC(CC(C3)C1)C2. The van der Waals surface area contributed by atoms with Crippen LogP contribution in [0.5, 0.6) is 5.88 Å². The number of aromatic nitrogens is 2. The molecule has 2 N–H and O–H groups in total. The molecule has 0 unspecified atom stereocenters. The lowest BCUT2D eigenvalue weighted by Crippen LogP contribution is -2.60. The molecule has 4 aliphatic carbocycles. The standard InChI is InChI=1S/C20H27FN4O4/c21-16-17(25-1-3-28-4-2-25)22-19(27)23-18(16)29-11-15(26)24-20-8-12-5-13(9-20)7-14(6-12)10-20/h12-14H,1-11H2,(H,24,26)(H,22,23,27). The van der Waals surface area contributed by atoms with Crippen LogP contribution in [0.3, 0.4) is 0 Å². The van der Waals surface area contributed by atoms with E-state index in [4.69, 9.17) is 9.47 Å². The molecular weight excluding hydrogens is 379 g/mol. The normalized spacial score (nSPS) is 33.0. The van der Waals surface area contributed by atoms with Crippen molar-refractivity contribution in [2.75, 3.05) is 37.8 Å². The Hall–Kier alpha value is -2.16. The van der Waals surface area contributed by atoms with Gasteiger partial charge < -0.3 is 19.7 Å². The number of halogens is 1. The maximum atomic E-state index is 14.8. The van der Waals surface area contributed by atoms with Gasteiger partial charge in [-0.1, -0.05) is 0 Å². The van der Waals surface area contributed by atoms with Crippen LogP contribution in [0.2, 0.25) is 0 Å². The minimum absolute atomic E-state index is 0.0322. The van der Waals surface area contributed by atoms with Crippen LogP contribution in [0.4, 0.5) is 10.2 Å². The number of hydrogen-bond acceptors (Lipinski definition) is 6. The number of nitrogens with zero attached hydrogens (tertiary/aromatic N) is 2. The highest BCUT2D eigenvalue weighted by Crippen LogP contribution is 2.55. The number of morpholine rings is 1. The van der Waals surface area contributed by atoms with Crippen molar-refractivity contribution in [3.05, 3.63) is 16.3 Å². The summed E-state index contributed by atoms with van der Waals surface area (Å²) in [6, 6.07) is 0. The first-order valence-corrected chi connectivity index (χ1v) is 10.6. The van der Waals surface area contributed by atoms with Gasteiger partial charge in [0.1, 0.15) is 0 Å². The maximum absolute atomic E-state index is 14.8. The summed E-state index contributed by atoms with van der Waals surface area (Å²) in [7, 11) is 0. The second-order valence-corrected chi connectivity index (χ2v) is 9.14. The fourth-order valence-corrected chi connectivity index (χ4v) is 6.26. The molecular formula is C20H27FN4O4. The van der Waals surface area contributed by atoms with Gasteiger partial charge in [-0.2, -0.15) is 9.37 Å². The molecule has 1 aromatic heterocycles. The third-order valence-electron chi connectivity index (χ3n) is 6.93. The summed E-state index contributed by atoms with van der Waals surface area (Å²) in [6.45, 7) is 1.48. The van der Waals surface area contributed by atoms with Crippen molar-refractivity contribution in [2.24, 2.45) is 17.8 Å². The molecule has 4 saturated carbocycles. The minimum Gasteiger partial charge on any atom is -0.465 e. The molecule has 1 aliphatic heterocycles. The molecule has 0 spiro atoms. The van der Waals surface area contributed by atoms with Crippen LogP contribution in [-0.4, -0.2) is 54.3 Å². The summed E-state index contributed by atoms with van der Waals surface area (Å²) in [6.07, 6.45) is 6.96. The molecule has 9 heteroatoms. The highest BCUT2D eigenvalue weighted by atomic mass is 19.1. The van der Waals surface area contributed by atoms with Crippen molar-refractivity contribution in [1.82, 2.24) is 15.3 Å². The summed E-state index contributed by atoms with van der Waals surface area (Å²) in [5.41, 5.74) is -0.835. The lowest BCUT2D eigenvalue weighted by molar-refractivity contribution is -0.129. The second-order valence-electron chi connectivity index (χ2n) is 9.14. The van der Waals surface area contributed by atoms with E-state index in [2.05, 4.69) is 15.3 Å². The highest BCUT2D eigenvalue weighted by molar-refractivity contribution is 5.78. The summed E-state index contributed by atoms with van der Waals surface area (Å²) >= 11 is 0. The number of nitrogens with one attached hydrogen (secondary N) is 2. The monoisotopic (exact) mass is 406 g/mol. The first-order chi connectivity index (χ1) is 14.0. The Bertz CT molecular complexity index is 816. The van der Waals surface area contributed by atoms with Crippen LogP contribution < -0.4 is 20.6 Å². The number of amides is 1. The summed E-state index contributed by atoms with van der Waals surface area (Å²) in [4.78, 5) is 32.2. The summed E-state index contributed by atoms with van der Waals surface area (Å²) in [5.74, 6) is 0.706. The van der Waals surface area contributed by atoms with E-state index in [9.17, 15) is 14.0 Å². The zero-order chi connectivity index (χ0) is 20.0. The van der Waals surface area contributed by atoms with Crippen LogP contribution >= 0.6 is 0 Å². The molecule has 6 rings (SSSR count). The van der Waals surface area contributed by atoms with Gasteiger partial charge in [-0.05, 0) is 56.3 Å². The third-order valence-corrected chi connectivity index (χ3v) is 6.93. The molecule has 0 atom stereocenters. The molecule has 158 valence electrons. The van der Waals surface area contributed by atoms with Crippen LogP contribution in [0.15, 0.2) is 4.79 Å². The third kappa shape index (κ3) is 3.72. The fourth-order valence-electron chi connectivity index (χ4n) is 6.26. The molecule has 2 heterocycles. The van der Waals surface area contributed by atoms with Crippen LogP contribution in [0.25, 0.3) is 0 Å². The molecule has 0 radical (unpaired) electrons. The van der Waals surface area contributed by atoms with E-state index in [0.717, 1.165) is 19.3 Å². The van der Waals surface area contributed by atoms with Gasteiger partial charge in [0.05, 0.1) is 13.2 Å². The lowest BCUT2D eigenvalue weighted by Gasteiger charge is -2.56. The van der Waals surface area contributed by atoms with Crippen molar-refractivity contribution in [3.63, 3.8) is 0 Å². The zero-order valence-electron chi connectivity index (χ0n) is 16.4. The van der Waals surface area contributed by atoms with Crippen LogP contribution in [0, 0.1) is 23.6 Å². The van der Waals surface area contributed by atoms with Crippen molar-refractivity contribution >= 4 is 11.7 Å². The smallest absolute Gasteiger partial charge is 0.349 e. The largest absolute Gasteiger partial charge is 0.465 e. The quantitative estimate of drug-likeness (QED) is 0.763. The highest BCUT2D eigenvalue weighted by Gasteiger charge is 2.51. The Labute approximate surface area is 168 Å². The molecule has 1 aromatic rings. The average molecular weight is 406 g/mol. The number of hydrogen-bond donors (Lipinski definition) is 2. The number of carbonyl (C=O) groups excluding carboxylic acids is 1. The first-order valence-electron chi connectivity index (χ1n) is 10.6. The Kier molecular flexibility index (Phi) is 4.72. The van der Waals surface area contributed by atoms with Crippen molar-refractivity contribution < 1.29 is 18.7 Å². The molecule has 29 heavy (non-hydrogen) atoms. The Balaban J connectivity index is 1.25. The Morgan fingerprint density at radius 1 is 1.21 bits per heavy atom. The van der Waals surface area contributed by atoms with Crippen molar-refractivity contribution in [2.45, 2.75) is 44.1 Å². The number of anilines is 1. The van der Waals surface area contributed by atoms with Crippen LogP contribution in [0.1, 0.15) is 38.5 Å². The van der Waals surface area contributed by atoms with E-state index in [1.165, 1.54) is 19.3 Å². The molecule has 4 bridgehead atoms. The number of ether oxygens (including phenoxy) is 2.